The average Bonchev–Trinajstić information content (AvgIpc) is 3.20. The number of nitro benzene ring substituents is 1. The molecule has 176 valence electrons. The predicted molar refractivity (Wildman–Crippen MR) is 137 cm³/mol. The Bertz CT molecular complexity index is 1210. The lowest BCUT2D eigenvalue weighted by molar-refractivity contribution is -0.384. The fourth-order valence-electron chi connectivity index (χ4n) is 3.55. The lowest BCUT2D eigenvalue weighted by Gasteiger charge is -2.25. The maximum Gasteiger partial charge on any atom is 0.269 e. The summed E-state index contributed by atoms with van der Waals surface area (Å²) in [6.07, 6.45) is 0. The standard InChI is InChI=1S/C24H20BrClN2O5S/c1-2-32-21-12-16(24-27(22(29)14-34-24)18-9-5-17(26)6-10-18)11-20(25)23(21)33-13-15-3-7-19(8-4-15)28(30)31/h3-12,24H,2,13-14H2,1H3/t24-/m0/s1. The van der Waals surface area contributed by atoms with Gasteiger partial charge >= 0.3 is 0 Å². The molecule has 3 aromatic rings. The van der Waals surface area contributed by atoms with E-state index in [1.807, 2.05) is 31.2 Å². The Morgan fingerprint density at radius 3 is 2.50 bits per heavy atom. The Labute approximate surface area is 214 Å². The minimum absolute atomic E-state index is 0.0184. The van der Waals surface area contributed by atoms with Gasteiger partial charge in [0, 0.05) is 22.8 Å². The molecule has 0 unspecified atom stereocenters. The van der Waals surface area contributed by atoms with Gasteiger partial charge in [0.2, 0.25) is 5.91 Å². The summed E-state index contributed by atoms with van der Waals surface area (Å²) >= 11 is 11.2. The lowest BCUT2D eigenvalue weighted by atomic mass is 10.1. The van der Waals surface area contributed by atoms with Gasteiger partial charge in [-0.25, -0.2) is 0 Å². The first kappa shape index (κ1) is 24.4. The monoisotopic (exact) mass is 562 g/mol. The van der Waals surface area contributed by atoms with Gasteiger partial charge in [0.25, 0.3) is 5.69 Å². The number of halogens is 2. The van der Waals surface area contributed by atoms with Crippen LogP contribution in [0, 0.1) is 10.1 Å². The Hall–Kier alpha value is -2.75. The molecule has 1 saturated heterocycles. The molecule has 1 aliphatic heterocycles. The quantitative estimate of drug-likeness (QED) is 0.222. The highest BCUT2D eigenvalue weighted by Crippen LogP contribution is 2.46. The zero-order valence-electron chi connectivity index (χ0n) is 18.1. The number of anilines is 1. The van der Waals surface area contributed by atoms with Gasteiger partial charge in [-0.05, 0) is 82.5 Å². The molecule has 1 atom stereocenters. The van der Waals surface area contributed by atoms with E-state index >= 15 is 0 Å². The first-order valence-electron chi connectivity index (χ1n) is 10.4. The molecular formula is C24H20BrClN2O5S. The predicted octanol–water partition coefficient (Wildman–Crippen LogP) is 6.77. The number of thioether (sulfide) groups is 1. The van der Waals surface area contributed by atoms with Gasteiger partial charge in [-0.15, -0.1) is 11.8 Å². The summed E-state index contributed by atoms with van der Waals surface area (Å²) in [6, 6.07) is 17.2. The molecule has 0 bridgehead atoms. The number of ether oxygens (including phenoxy) is 2. The highest BCUT2D eigenvalue weighted by atomic mass is 79.9. The van der Waals surface area contributed by atoms with E-state index in [1.165, 1.54) is 23.9 Å². The van der Waals surface area contributed by atoms with Crippen LogP contribution in [0.25, 0.3) is 0 Å². The molecule has 0 aromatic heterocycles. The third kappa shape index (κ3) is 5.32. The van der Waals surface area contributed by atoms with E-state index in [0.717, 1.165) is 16.8 Å². The molecule has 0 saturated carbocycles. The summed E-state index contributed by atoms with van der Waals surface area (Å²) in [5.74, 6) is 1.46. The third-order valence-corrected chi connectivity index (χ3v) is 7.17. The molecule has 10 heteroatoms. The minimum Gasteiger partial charge on any atom is -0.490 e. The summed E-state index contributed by atoms with van der Waals surface area (Å²) in [5.41, 5.74) is 2.48. The molecule has 7 nitrogen and oxygen atoms in total. The normalized spacial score (nSPS) is 15.4. The number of hydrogen-bond donors (Lipinski definition) is 0. The van der Waals surface area contributed by atoms with Crippen molar-refractivity contribution < 1.29 is 19.2 Å². The van der Waals surface area contributed by atoms with Crippen LogP contribution in [0.1, 0.15) is 23.4 Å². The van der Waals surface area contributed by atoms with Crippen molar-refractivity contribution in [2.24, 2.45) is 0 Å². The second-order valence-electron chi connectivity index (χ2n) is 7.38. The molecule has 1 heterocycles. The van der Waals surface area contributed by atoms with Crippen LogP contribution in [0.2, 0.25) is 5.02 Å². The number of carbonyl (C=O) groups is 1. The van der Waals surface area contributed by atoms with Crippen molar-refractivity contribution >= 4 is 56.6 Å². The summed E-state index contributed by atoms with van der Waals surface area (Å²) in [7, 11) is 0. The van der Waals surface area contributed by atoms with Crippen LogP contribution in [0.4, 0.5) is 11.4 Å². The van der Waals surface area contributed by atoms with Crippen molar-refractivity contribution in [3.05, 3.63) is 91.4 Å². The van der Waals surface area contributed by atoms with E-state index in [0.29, 0.717) is 33.4 Å². The van der Waals surface area contributed by atoms with Gasteiger partial charge in [-0.3, -0.25) is 19.8 Å². The molecular weight excluding hydrogens is 544 g/mol. The maximum absolute atomic E-state index is 12.7. The van der Waals surface area contributed by atoms with E-state index in [9.17, 15) is 14.9 Å². The number of nitrogens with zero attached hydrogens (tertiary/aromatic N) is 2. The highest BCUT2D eigenvalue weighted by Gasteiger charge is 2.35. The number of nitro groups is 1. The van der Waals surface area contributed by atoms with Gasteiger partial charge in [0.05, 0.1) is 21.8 Å². The van der Waals surface area contributed by atoms with Crippen LogP contribution < -0.4 is 14.4 Å². The van der Waals surface area contributed by atoms with Gasteiger partial charge in [-0.2, -0.15) is 0 Å². The molecule has 1 fully saturated rings. The van der Waals surface area contributed by atoms with Crippen LogP contribution in [-0.2, 0) is 11.4 Å². The van der Waals surface area contributed by atoms with Gasteiger partial charge < -0.3 is 9.47 Å². The van der Waals surface area contributed by atoms with Crippen molar-refractivity contribution in [3.8, 4) is 11.5 Å². The number of hydrogen-bond acceptors (Lipinski definition) is 6. The Morgan fingerprint density at radius 2 is 1.85 bits per heavy atom. The average molecular weight is 564 g/mol. The van der Waals surface area contributed by atoms with E-state index in [-0.39, 0.29) is 23.6 Å². The van der Waals surface area contributed by atoms with Crippen LogP contribution in [0.5, 0.6) is 11.5 Å². The molecule has 4 rings (SSSR count). The SMILES string of the molecule is CCOc1cc([C@@H]2SCC(=O)N2c2ccc(Cl)cc2)cc(Br)c1OCc1ccc([N+](=O)[O-])cc1. The fourth-order valence-corrected chi connectivity index (χ4v) is 5.41. The molecule has 0 aliphatic carbocycles. The Kier molecular flexibility index (Phi) is 7.65. The second kappa shape index (κ2) is 10.7. The first-order chi connectivity index (χ1) is 16.4. The summed E-state index contributed by atoms with van der Waals surface area (Å²) in [6.45, 7) is 2.53. The summed E-state index contributed by atoms with van der Waals surface area (Å²) in [5, 5.41) is 11.2. The zero-order chi connectivity index (χ0) is 24.2. The summed E-state index contributed by atoms with van der Waals surface area (Å²) in [4.78, 5) is 24.9. The van der Waals surface area contributed by atoms with Crippen molar-refractivity contribution in [3.63, 3.8) is 0 Å². The minimum atomic E-state index is -0.438. The molecule has 1 aliphatic rings. The number of carbonyl (C=O) groups excluding carboxylic acids is 1. The lowest BCUT2D eigenvalue weighted by Crippen LogP contribution is -2.27. The molecule has 34 heavy (non-hydrogen) atoms. The zero-order valence-corrected chi connectivity index (χ0v) is 21.2. The Balaban J connectivity index is 1.60. The van der Waals surface area contributed by atoms with Gasteiger partial charge in [0.1, 0.15) is 12.0 Å². The first-order valence-corrected chi connectivity index (χ1v) is 12.6. The molecule has 0 spiro atoms. The third-order valence-electron chi connectivity index (χ3n) is 5.12. The second-order valence-corrected chi connectivity index (χ2v) is 9.74. The smallest absolute Gasteiger partial charge is 0.269 e. The Morgan fingerprint density at radius 1 is 1.15 bits per heavy atom. The van der Waals surface area contributed by atoms with E-state index < -0.39 is 4.92 Å². The molecule has 0 N–H and O–H groups in total. The van der Waals surface area contributed by atoms with Crippen LogP contribution >= 0.6 is 39.3 Å². The van der Waals surface area contributed by atoms with Crippen LogP contribution in [0.3, 0.4) is 0 Å². The van der Waals surface area contributed by atoms with Crippen molar-refractivity contribution in [2.75, 3.05) is 17.3 Å². The molecule has 3 aromatic carbocycles. The highest BCUT2D eigenvalue weighted by molar-refractivity contribution is 9.10. The fraction of sp³-hybridized carbons (Fsp3) is 0.208. The topological polar surface area (TPSA) is 81.9 Å². The van der Waals surface area contributed by atoms with Crippen molar-refractivity contribution in [1.82, 2.24) is 0 Å². The van der Waals surface area contributed by atoms with Crippen LogP contribution in [0.15, 0.2) is 65.1 Å². The van der Waals surface area contributed by atoms with Gasteiger partial charge in [0.15, 0.2) is 11.5 Å². The molecule has 0 radical (unpaired) electrons. The van der Waals surface area contributed by atoms with E-state index in [1.54, 1.807) is 29.2 Å². The van der Waals surface area contributed by atoms with Crippen molar-refractivity contribution in [2.45, 2.75) is 18.9 Å². The van der Waals surface area contributed by atoms with E-state index in [4.69, 9.17) is 21.1 Å². The van der Waals surface area contributed by atoms with E-state index in [2.05, 4.69) is 15.9 Å². The largest absolute Gasteiger partial charge is 0.490 e. The number of amides is 1. The van der Waals surface area contributed by atoms with Gasteiger partial charge in [-0.1, -0.05) is 11.6 Å². The van der Waals surface area contributed by atoms with Crippen molar-refractivity contribution in [1.29, 1.82) is 0 Å². The molecule has 1 amide bonds. The summed E-state index contributed by atoms with van der Waals surface area (Å²) < 4.78 is 12.6. The number of rotatable bonds is 8. The number of non-ortho nitro benzene ring substituents is 1. The van der Waals surface area contributed by atoms with Crippen LogP contribution in [-0.4, -0.2) is 23.2 Å². The number of benzene rings is 3. The maximum atomic E-state index is 12.7.